The number of halogens is 1. The van der Waals surface area contributed by atoms with Crippen LogP contribution in [-0.4, -0.2) is 24.3 Å². The van der Waals surface area contributed by atoms with Crippen LogP contribution in [0.4, 0.5) is 0 Å². The van der Waals surface area contributed by atoms with Crippen LogP contribution >= 0.6 is 22.9 Å². The number of benzene rings is 1. The molecule has 0 fully saturated rings. The summed E-state index contributed by atoms with van der Waals surface area (Å²) in [5, 5.41) is 2.99. The van der Waals surface area contributed by atoms with Crippen LogP contribution in [0.5, 0.6) is 0 Å². The molecule has 3 aromatic heterocycles. The third kappa shape index (κ3) is 3.78. The van der Waals surface area contributed by atoms with E-state index < -0.39 is 15.9 Å². The predicted molar refractivity (Wildman–Crippen MR) is 109 cm³/mol. The Morgan fingerprint density at radius 2 is 2.00 bits per heavy atom. The summed E-state index contributed by atoms with van der Waals surface area (Å²) in [4.78, 5) is 21.5. The Balaban J connectivity index is 1.48. The number of fused-ring (bicyclic) bond motifs is 1. The topological polar surface area (TPSA) is 104 Å². The molecule has 0 spiro atoms. The van der Waals surface area contributed by atoms with Crippen molar-refractivity contribution in [2.24, 2.45) is 0 Å². The number of nitrogens with zero attached hydrogens (tertiary/aromatic N) is 1. The number of nitrogens with one attached hydrogen (secondary N) is 3. The minimum atomic E-state index is -3.91. The van der Waals surface area contributed by atoms with Gasteiger partial charge in [0.25, 0.3) is 15.9 Å². The Hall–Kier alpha value is -2.72. The quantitative estimate of drug-likeness (QED) is 0.419. The average Bonchev–Trinajstić information content (AvgIpc) is 3.34. The van der Waals surface area contributed by atoms with Gasteiger partial charge in [-0.2, -0.15) is 0 Å². The van der Waals surface area contributed by atoms with Crippen molar-refractivity contribution in [1.82, 2.24) is 20.2 Å². The summed E-state index contributed by atoms with van der Waals surface area (Å²) in [5.74, 6) is -0.614. The van der Waals surface area contributed by atoms with Crippen LogP contribution < -0.4 is 10.3 Å². The molecular weight excluding hydrogens is 420 g/mol. The fraction of sp³-hybridized carbons (Fsp3) is 0. The number of aromatic nitrogens is 2. The number of rotatable bonds is 5. The lowest BCUT2D eigenvalue weighted by atomic mass is 10.2. The molecule has 0 saturated carbocycles. The molecule has 0 radical (unpaired) electrons. The molecule has 3 N–H and O–H groups in total. The number of H-pyrrole nitrogens is 1. The van der Waals surface area contributed by atoms with Gasteiger partial charge in [0.2, 0.25) is 0 Å². The largest absolute Gasteiger partial charge is 0.350 e. The Kier molecular flexibility index (Phi) is 4.90. The van der Waals surface area contributed by atoms with E-state index in [2.05, 4.69) is 20.2 Å². The van der Waals surface area contributed by atoms with Gasteiger partial charge < -0.3 is 4.98 Å². The van der Waals surface area contributed by atoms with Crippen molar-refractivity contribution < 1.29 is 13.2 Å². The van der Waals surface area contributed by atoms with Gasteiger partial charge >= 0.3 is 0 Å². The molecule has 142 valence electrons. The molecule has 3 heterocycles. The number of amides is 1. The first-order valence-electron chi connectivity index (χ1n) is 8.03. The maximum Gasteiger partial charge on any atom is 0.282 e. The predicted octanol–water partition coefficient (Wildman–Crippen LogP) is 3.57. The van der Waals surface area contributed by atoms with Gasteiger partial charge in [-0.15, -0.1) is 16.2 Å². The normalized spacial score (nSPS) is 11.6. The van der Waals surface area contributed by atoms with Gasteiger partial charge in [-0.3, -0.25) is 15.2 Å². The van der Waals surface area contributed by atoms with Crippen molar-refractivity contribution in [3.63, 3.8) is 0 Å². The van der Waals surface area contributed by atoms with Crippen LogP contribution in [0.2, 0.25) is 5.02 Å². The Morgan fingerprint density at radius 1 is 1.14 bits per heavy atom. The van der Waals surface area contributed by atoms with Gasteiger partial charge in [0, 0.05) is 33.1 Å². The minimum Gasteiger partial charge on any atom is -0.350 e. The van der Waals surface area contributed by atoms with Crippen molar-refractivity contribution in [1.29, 1.82) is 0 Å². The molecule has 0 saturated heterocycles. The summed E-state index contributed by atoms with van der Waals surface area (Å²) < 4.78 is 25.0. The molecule has 10 heteroatoms. The Morgan fingerprint density at radius 3 is 2.79 bits per heavy atom. The van der Waals surface area contributed by atoms with Crippen molar-refractivity contribution in [2.75, 3.05) is 0 Å². The summed E-state index contributed by atoms with van der Waals surface area (Å²) in [7, 11) is -3.91. The Bertz CT molecular complexity index is 1270. The number of pyridine rings is 1. The van der Waals surface area contributed by atoms with E-state index in [-0.39, 0.29) is 9.90 Å². The van der Waals surface area contributed by atoms with Crippen LogP contribution in [0.15, 0.2) is 64.3 Å². The zero-order valence-electron chi connectivity index (χ0n) is 14.1. The number of sulfonamides is 1. The summed E-state index contributed by atoms with van der Waals surface area (Å²) in [6, 6.07) is 13.6. The standard InChI is InChI=1S/C18H13ClN4O3S2/c19-13-4-5-15-11(7-13)8-16(21-15)18(24)22-23-28(25,26)17-9-12(10-27-17)14-3-1-2-6-20-14/h1-10,21,23H,(H,22,24). The van der Waals surface area contributed by atoms with Crippen molar-refractivity contribution in [3.05, 3.63) is 70.8 Å². The second-order valence-electron chi connectivity index (χ2n) is 5.84. The van der Waals surface area contributed by atoms with E-state index >= 15 is 0 Å². The fourth-order valence-corrected chi connectivity index (χ4v) is 4.78. The number of hydrogen-bond acceptors (Lipinski definition) is 5. The van der Waals surface area contributed by atoms with Gasteiger partial charge in [-0.25, -0.2) is 8.42 Å². The van der Waals surface area contributed by atoms with Crippen molar-refractivity contribution in [3.8, 4) is 11.3 Å². The SMILES string of the molecule is O=C(NNS(=O)(=O)c1cc(-c2ccccn2)cs1)c1cc2cc(Cl)ccc2[nH]1. The van der Waals surface area contributed by atoms with Crippen LogP contribution in [0.3, 0.4) is 0 Å². The molecule has 4 rings (SSSR count). The molecule has 4 aromatic rings. The highest BCUT2D eigenvalue weighted by Crippen LogP contribution is 2.27. The van der Waals surface area contributed by atoms with Crippen LogP contribution in [0.1, 0.15) is 10.5 Å². The third-order valence-electron chi connectivity index (χ3n) is 3.93. The first-order chi connectivity index (χ1) is 13.4. The lowest BCUT2D eigenvalue weighted by Crippen LogP contribution is -2.41. The van der Waals surface area contributed by atoms with E-state index in [1.807, 2.05) is 6.07 Å². The summed E-state index contributed by atoms with van der Waals surface area (Å²) in [5.41, 5.74) is 4.49. The third-order valence-corrected chi connectivity index (χ3v) is 6.85. The molecule has 0 unspecified atom stereocenters. The molecule has 0 aliphatic carbocycles. The fourth-order valence-electron chi connectivity index (χ4n) is 2.58. The highest BCUT2D eigenvalue weighted by atomic mass is 35.5. The van der Waals surface area contributed by atoms with Gasteiger partial charge in [0.05, 0.1) is 5.69 Å². The van der Waals surface area contributed by atoms with Gasteiger partial charge in [-0.1, -0.05) is 17.7 Å². The van der Waals surface area contributed by atoms with E-state index in [0.29, 0.717) is 16.3 Å². The first kappa shape index (κ1) is 18.6. The van der Waals surface area contributed by atoms with Crippen molar-refractivity contribution in [2.45, 2.75) is 4.21 Å². The average molecular weight is 433 g/mol. The highest BCUT2D eigenvalue weighted by molar-refractivity contribution is 7.91. The van der Waals surface area contributed by atoms with Crippen LogP contribution in [-0.2, 0) is 10.0 Å². The number of hydrogen-bond donors (Lipinski definition) is 3. The first-order valence-corrected chi connectivity index (χ1v) is 10.8. The molecule has 0 aliphatic rings. The molecular formula is C18H13ClN4O3S2. The van der Waals surface area contributed by atoms with Crippen LogP contribution in [0, 0.1) is 0 Å². The van der Waals surface area contributed by atoms with E-state index in [1.54, 1.807) is 48.0 Å². The van der Waals surface area contributed by atoms with E-state index in [4.69, 9.17) is 11.6 Å². The van der Waals surface area contributed by atoms with E-state index in [9.17, 15) is 13.2 Å². The lowest BCUT2D eigenvalue weighted by Gasteiger charge is -2.05. The molecule has 0 aliphatic heterocycles. The Labute approximate surface area is 169 Å². The van der Waals surface area contributed by atoms with E-state index in [1.165, 1.54) is 6.07 Å². The van der Waals surface area contributed by atoms with Gasteiger partial charge in [0.1, 0.15) is 9.90 Å². The zero-order chi connectivity index (χ0) is 19.7. The minimum absolute atomic E-state index is 0.0666. The number of hydrazine groups is 1. The number of carbonyl (C=O) groups excluding carboxylic acids is 1. The van der Waals surface area contributed by atoms with Crippen LogP contribution in [0.25, 0.3) is 22.2 Å². The molecule has 28 heavy (non-hydrogen) atoms. The number of thiophene rings is 1. The maximum atomic E-state index is 12.5. The maximum absolute atomic E-state index is 12.5. The van der Waals surface area contributed by atoms with Gasteiger partial charge in [0.15, 0.2) is 0 Å². The van der Waals surface area contributed by atoms with Gasteiger partial charge in [-0.05, 0) is 42.5 Å². The molecule has 0 atom stereocenters. The second-order valence-corrected chi connectivity index (χ2v) is 9.10. The summed E-state index contributed by atoms with van der Waals surface area (Å²) in [6.07, 6.45) is 1.63. The highest BCUT2D eigenvalue weighted by Gasteiger charge is 2.19. The summed E-state index contributed by atoms with van der Waals surface area (Å²) in [6.45, 7) is 0. The van der Waals surface area contributed by atoms with Crippen molar-refractivity contribution >= 4 is 49.8 Å². The second kappa shape index (κ2) is 7.36. The lowest BCUT2D eigenvalue weighted by molar-refractivity contribution is 0.0941. The molecule has 1 aromatic carbocycles. The smallest absolute Gasteiger partial charge is 0.282 e. The molecule has 1 amide bonds. The number of aromatic amines is 1. The molecule has 0 bridgehead atoms. The molecule has 7 nitrogen and oxygen atoms in total. The number of carbonyl (C=O) groups is 1. The zero-order valence-corrected chi connectivity index (χ0v) is 16.5. The monoisotopic (exact) mass is 432 g/mol. The summed E-state index contributed by atoms with van der Waals surface area (Å²) >= 11 is 6.97. The van der Waals surface area contributed by atoms with E-state index in [0.717, 1.165) is 22.2 Å².